The first-order valence-corrected chi connectivity index (χ1v) is 5.39. The highest BCUT2D eigenvalue weighted by molar-refractivity contribution is 6.03. The van der Waals surface area contributed by atoms with Crippen LogP contribution in [0.15, 0.2) is 41.3 Å². The molecular formula is C13H10N2O3. The minimum absolute atomic E-state index is 0.389. The Hall–Kier alpha value is -2.56. The fourth-order valence-corrected chi connectivity index (χ4v) is 1.86. The Bertz CT molecular complexity index is 698. The van der Waals surface area contributed by atoms with E-state index in [0.717, 1.165) is 10.9 Å². The second-order valence-electron chi connectivity index (χ2n) is 3.79. The average Bonchev–Trinajstić information content (AvgIpc) is 3.06. The zero-order valence-corrected chi connectivity index (χ0v) is 9.64. The Kier molecular flexibility index (Phi) is 2.37. The number of rotatable bonds is 2. The molecule has 3 aromatic heterocycles. The Morgan fingerprint density at radius 3 is 3.11 bits per heavy atom. The standard InChI is InChI=1S/C13H10N2O3/c1-17-13(16)10-7-15-12-9(10)5-8(6-14-12)11-3-2-4-18-11/h2-7H,1H3,(H,14,15). The van der Waals surface area contributed by atoms with Crippen molar-refractivity contribution in [1.82, 2.24) is 9.97 Å². The van der Waals surface area contributed by atoms with Gasteiger partial charge in [-0.2, -0.15) is 0 Å². The summed E-state index contributed by atoms with van der Waals surface area (Å²) in [5, 5.41) is 0.718. The number of esters is 1. The zero-order valence-electron chi connectivity index (χ0n) is 9.64. The molecule has 0 spiro atoms. The number of fused-ring (bicyclic) bond motifs is 1. The highest BCUT2D eigenvalue weighted by Gasteiger charge is 2.14. The maximum absolute atomic E-state index is 11.6. The highest BCUT2D eigenvalue weighted by Crippen LogP contribution is 2.25. The fraction of sp³-hybridized carbons (Fsp3) is 0.0769. The van der Waals surface area contributed by atoms with E-state index in [4.69, 9.17) is 9.15 Å². The summed E-state index contributed by atoms with van der Waals surface area (Å²) in [5.74, 6) is 0.320. The number of carbonyl (C=O) groups is 1. The molecule has 0 aliphatic rings. The smallest absolute Gasteiger partial charge is 0.340 e. The lowest BCUT2D eigenvalue weighted by atomic mass is 10.1. The van der Waals surface area contributed by atoms with Crippen LogP contribution < -0.4 is 0 Å². The normalized spacial score (nSPS) is 10.7. The molecule has 1 N–H and O–H groups in total. The minimum Gasteiger partial charge on any atom is -0.465 e. The predicted molar refractivity (Wildman–Crippen MR) is 65.1 cm³/mol. The third-order valence-electron chi connectivity index (χ3n) is 2.74. The topological polar surface area (TPSA) is 68.1 Å². The van der Waals surface area contributed by atoms with Crippen molar-refractivity contribution in [3.8, 4) is 11.3 Å². The van der Waals surface area contributed by atoms with Crippen LogP contribution >= 0.6 is 0 Å². The van der Waals surface area contributed by atoms with E-state index in [1.807, 2.05) is 12.1 Å². The van der Waals surface area contributed by atoms with Gasteiger partial charge in [-0.3, -0.25) is 0 Å². The van der Waals surface area contributed by atoms with E-state index >= 15 is 0 Å². The van der Waals surface area contributed by atoms with Gasteiger partial charge in [0.2, 0.25) is 0 Å². The Morgan fingerprint density at radius 2 is 2.39 bits per heavy atom. The molecule has 0 atom stereocenters. The van der Waals surface area contributed by atoms with Gasteiger partial charge in [0.05, 0.1) is 18.9 Å². The number of hydrogen-bond donors (Lipinski definition) is 1. The van der Waals surface area contributed by atoms with Crippen LogP contribution in [0.25, 0.3) is 22.4 Å². The fourth-order valence-electron chi connectivity index (χ4n) is 1.86. The van der Waals surface area contributed by atoms with E-state index < -0.39 is 0 Å². The minimum atomic E-state index is -0.389. The second kappa shape index (κ2) is 4.03. The van der Waals surface area contributed by atoms with E-state index in [1.165, 1.54) is 7.11 Å². The summed E-state index contributed by atoms with van der Waals surface area (Å²) in [7, 11) is 1.35. The van der Waals surface area contributed by atoms with Crippen LogP contribution in [-0.4, -0.2) is 23.0 Å². The van der Waals surface area contributed by atoms with Gasteiger partial charge >= 0.3 is 5.97 Å². The predicted octanol–water partition coefficient (Wildman–Crippen LogP) is 2.61. The monoisotopic (exact) mass is 242 g/mol. The Labute approximate surface area is 102 Å². The molecule has 0 aliphatic carbocycles. The number of furan rings is 1. The molecule has 5 heteroatoms. The maximum atomic E-state index is 11.6. The van der Waals surface area contributed by atoms with Crippen molar-refractivity contribution < 1.29 is 13.9 Å². The molecule has 0 bridgehead atoms. The summed E-state index contributed by atoms with van der Waals surface area (Å²) >= 11 is 0. The van der Waals surface area contributed by atoms with Gasteiger partial charge in [-0.25, -0.2) is 9.78 Å². The molecule has 0 radical (unpaired) electrons. The number of ether oxygens (including phenoxy) is 1. The number of nitrogens with zero attached hydrogens (tertiary/aromatic N) is 1. The molecule has 0 aromatic carbocycles. The lowest BCUT2D eigenvalue weighted by Crippen LogP contribution is -1.99. The van der Waals surface area contributed by atoms with Crippen molar-refractivity contribution in [3.63, 3.8) is 0 Å². The summed E-state index contributed by atoms with van der Waals surface area (Å²) in [6, 6.07) is 5.50. The molecule has 5 nitrogen and oxygen atoms in total. The van der Waals surface area contributed by atoms with Gasteiger partial charge in [0.15, 0.2) is 0 Å². The van der Waals surface area contributed by atoms with Crippen LogP contribution in [0.2, 0.25) is 0 Å². The largest absolute Gasteiger partial charge is 0.465 e. The van der Waals surface area contributed by atoms with E-state index in [2.05, 4.69) is 9.97 Å². The average molecular weight is 242 g/mol. The number of methoxy groups -OCH3 is 1. The van der Waals surface area contributed by atoms with Gasteiger partial charge in [0.1, 0.15) is 11.4 Å². The zero-order chi connectivity index (χ0) is 12.5. The van der Waals surface area contributed by atoms with Gasteiger partial charge in [-0.1, -0.05) is 0 Å². The molecule has 3 heterocycles. The number of pyridine rings is 1. The Balaban J connectivity index is 2.18. The van der Waals surface area contributed by atoms with E-state index in [1.54, 1.807) is 24.7 Å². The second-order valence-corrected chi connectivity index (χ2v) is 3.79. The number of hydrogen-bond acceptors (Lipinski definition) is 4. The third-order valence-corrected chi connectivity index (χ3v) is 2.74. The lowest BCUT2D eigenvalue weighted by Gasteiger charge is -1.99. The molecule has 3 aromatic rings. The quantitative estimate of drug-likeness (QED) is 0.701. The number of aromatic nitrogens is 2. The molecule has 18 heavy (non-hydrogen) atoms. The van der Waals surface area contributed by atoms with Crippen molar-refractivity contribution in [2.45, 2.75) is 0 Å². The van der Waals surface area contributed by atoms with Crippen LogP contribution in [0, 0.1) is 0 Å². The number of carbonyl (C=O) groups excluding carboxylic acids is 1. The molecule has 0 saturated heterocycles. The van der Waals surface area contributed by atoms with Gasteiger partial charge in [0, 0.05) is 23.3 Å². The summed E-state index contributed by atoms with van der Waals surface area (Å²) in [6.45, 7) is 0. The van der Waals surface area contributed by atoms with Crippen molar-refractivity contribution in [2.75, 3.05) is 7.11 Å². The first-order chi connectivity index (χ1) is 8.79. The van der Waals surface area contributed by atoms with Gasteiger partial charge in [-0.15, -0.1) is 0 Å². The van der Waals surface area contributed by atoms with Crippen molar-refractivity contribution in [2.24, 2.45) is 0 Å². The van der Waals surface area contributed by atoms with Crippen LogP contribution in [0.1, 0.15) is 10.4 Å². The summed E-state index contributed by atoms with van der Waals surface area (Å²) < 4.78 is 10.0. The van der Waals surface area contributed by atoms with Crippen molar-refractivity contribution in [1.29, 1.82) is 0 Å². The molecule has 0 unspecified atom stereocenters. The van der Waals surface area contributed by atoms with Gasteiger partial charge < -0.3 is 14.1 Å². The van der Waals surface area contributed by atoms with Crippen LogP contribution in [0.3, 0.4) is 0 Å². The first-order valence-electron chi connectivity index (χ1n) is 5.39. The summed E-state index contributed by atoms with van der Waals surface area (Å²) in [4.78, 5) is 18.8. The summed E-state index contributed by atoms with van der Waals surface area (Å²) in [5.41, 5.74) is 1.93. The van der Waals surface area contributed by atoms with Crippen molar-refractivity contribution in [3.05, 3.63) is 42.4 Å². The van der Waals surface area contributed by atoms with Crippen molar-refractivity contribution >= 4 is 17.0 Å². The molecule has 90 valence electrons. The number of H-pyrrole nitrogens is 1. The van der Waals surface area contributed by atoms with E-state index in [0.29, 0.717) is 17.0 Å². The lowest BCUT2D eigenvalue weighted by molar-refractivity contribution is 0.0603. The van der Waals surface area contributed by atoms with E-state index in [9.17, 15) is 4.79 Å². The molecule has 0 saturated carbocycles. The molecule has 0 aliphatic heterocycles. The molecule has 3 rings (SSSR count). The number of aromatic amines is 1. The molecule has 0 amide bonds. The van der Waals surface area contributed by atoms with Crippen LogP contribution in [0.5, 0.6) is 0 Å². The van der Waals surface area contributed by atoms with Crippen LogP contribution in [0.4, 0.5) is 0 Å². The summed E-state index contributed by atoms with van der Waals surface area (Å²) in [6.07, 6.45) is 4.88. The Morgan fingerprint density at radius 1 is 1.50 bits per heavy atom. The third kappa shape index (κ3) is 1.57. The van der Waals surface area contributed by atoms with Gasteiger partial charge in [0.25, 0.3) is 0 Å². The first kappa shape index (κ1) is 10.6. The SMILES string of the molecule is COC(=O)c1c[nH]c2ncc(-c3ccco3)cc12. The molecular weight excluding hydrogens is 232 g/mol. The molecule has 0 fully saturated rings. The van der Waals surface area contributed by atoms with Crippen LogP contribution in [-0.2, 0) is 4.74 Å². The maximum Gasteiger partial charge on any atom is 0.340 e. The van der Waals surface area contributed by atoms with E-state index in [-0.39, 0.29) is 5.97 Å². The highest BCUT2D eigenvalue weighted by atomic mass is 16.5. The van der Waals surface area contributed by atoms with Gasteiger partial charge in [-0.05, 0) is 18.2 Å². The number of nitrogens with one attached hydrogen (secondary N) is 1.